The SMILES string of the molecule is CCNC(=NCC(C)N(C)C1CC1)NCCCC(C)C. The highest BCUT2D eigenvalue weighted by Gasteiger charge is 2.28. The second kappa shape index (κ2) is 9.22. The van der Waals surface area contributed by atoms with Gasteiger partial charge in [-0.1, -0.05) is 13.8 Å². The summed E-state index contributed by atoms with van der Waals surface area (Å²) in [6.07, 6.45) is 5.20. The highest BCUT2D eigenvalue weighted by molar-refractivity contribution is 5.79. The number of hydrogen-bond acceptors (Lipinski definition) is 2. The fourth-order valence-electron chi connectivity index (χ4n) is 2.25. The molecule has 0 saturated heterocycles. The molecule has 1 rings (SSSR count). The van der Waals surface area contributed by atoms with Crippen LogP contribution in [0.25, 0.3) is 0 Å². The summed E-state index contributed by atoms with van der Waals surface area (Å²) < 4.78 is 0. The molecule has 0 amide bonds. The molecule has 1 unspecified atom stereocenters. The number of aliphatic imine (C=N–C) groups is 1. The van der Waals surface area contributed by atoms with Crippen molar-refractivity contribution in [3.8, 4) is 0 Å². The van der Waals surface area contributed by atoms with Crippen LogP contribution in [-0.2, 0) is 0 Å². The summed E-state index contributed by atoms with van der Waals surface area (Å²) in [5.41, 5.74) is 0. The number of rotatable bonds is 9. The zero-order valence-corrected chi connectivity index (χ0v) is 14.1. The normalized spacial score (nSPS) is 17.6. The van der Waals surface area contributed by atoms with Crippen molar-refractivity contribution < 1.29 is 0 Å². The van der Waals surface area contributed by atoms with Gasteiger partial charge in [-0.05, 0) is 52.5 Å². The van der Waals surface area contributed by atoms with Gasteiger partial charge in [0.25, 0.3) is 0 Å². The van der Waals surface area contributed by atoms with E-state index in [1.165, 1.54) is 25.7 Å². The average Bonchev–Trinajstić information content (AvgIpc) is 3.23. The van der Waals surface area contributed by atoms with E-state index in [0.717, 1.165) is 37.6 Å². The second-order valence-electron chi connectivity index (χ2n) is 6.43. The number of likely N-dealkylation sites (N-methyl/N-ethyl adjacent to an activating group) is 1. The number of guanidine groups is 1. The van der Waals surface area contributed by atoms with E-state index in [1.54, 1.807) is 0 Å². The Morgan fingerprint density at radius 3 is 2.50 bits per heavy atom. The third kappa shape index (κ3) is 7.13. The molecule has 0 bridgehead atoms. The lowest BCUT2D eigenvalue weighted by atomic mass is 10.1. The lowest BCUT2D eigenvalue weighted by molar-refractivity contribution is 0.253. The van der Waals surface area contributed by atoms with Crippen molar-refractivity contribution in [2.24, 2.45) is 10.9 Å². The van der Waals surface area contributed by atoms with Crippen LogP contribution in [-0.4, -0.2) is 49.6 Å². The number of nitrogens with one attached hydrogen (secondary N) is 2. The molecule has 20 heavy (non-hydrogen) atoms. The molecular formula is C16H34N4. The molecule has 4 heteroatoms. The Hall–Kier alpha value is -0.770. The summed E-state index contributed by atoms with van der Waals surface area (Å²) in [5, 5.41) is 6.77. The van der Waals surface area contributed by atoms with E-state index in [1.807, 2.05) is 0 Å². The third-order valence-corrected chi connectivity index (χ3v) is 3.93. The molecular weight excluding hydrogens is 248 g/mol. The summed E-state index contributed by atoms with van der Waals surface area (Å²) in [5.74, 6) is 1.75. The second-order valence-corrected chi connectivity index (χ2v) is 6.43. The van der Waals surface area contributed by atoms with Crippen LogP contribution >= 0.6 is 0 Å². The monoisotopic (exact) mass is 282 g/mol. The molecule has 1 fully saturated rings. The Labute approximate surface area is 125 Å². The first kappa shape index (κ1) is 17.3. The van der Waals surface area contributed by atoms with Gasteiger partial charge in [0, 0.05) is 25.2 Å². The summed E-state index contributed by atoms with van der Waals surface area (Å²) in [4.78, 5) is 7.18. The molecule has 2 N–H and O–H groups in total. The van der Waals surface area contributed by atoms with Gasteiger partial charge in [0.1, 0.15) is 0 Å². The van der Waals surface area contributed by atoms with Gasteiger partial charge in [-0.25, -0.2) is 0 Å². The molecule has 0 heterocycles. The molecule has 1 aliphatic rings. The topological polar surface area (TPSA) is 39.7 Å². The van der Waals surface area contributed by atoms with Crippen molar-refractivity contribution in [3.63, 3.8) is 0 Å². The van der Waals surface area contributed by atoms with Gasteiger partial charge in [0.2, 0.25) is 0 Å². The Kier molecular flexibility index (Phi) is 7.97. The molecule has 0 radical (unpaired) electrons. The van der Waals surface area contributed by atoms with Crippen molar-refractivity contribution in [1.82, 2.24) is 15.5 Å². The van der Waals surface area contributed by atoms with Crippen molar-refractivity contribution >= 4 is 5.96 Å². The van der Waals surface area contributed by atoms with Gasteiger partial charge in [-0.3, -0.25) is 9.89 Å². The lowest BCUT2D eigenvalue weighted by Gasteiger charge is -2.23. The first-order chi connectivity index (χ1) is 9.54. The van der Waals surface area contributed by atoms with Crippen molar-refractivity contribution in [3.05, 3.63) is 0 Å². The van der Waals surface area contributed by atoms with Gasteiger partial charge in [0.05, 0.1) is 6.54 Å². The molecule has 0 aliphatic heterocycles. The highest BCUT2D eigenvalue weighted by atomic mass is 15.2. The van der Waals surface area contributed by atoms with E-state index >= 15 is 0 Å². The highest BCUT2D eigenvalue weighted by Crippen LogP contribution is 2.26. The molecule has 0 spiro atoms. The van der Waals surface area contributed by atoms with Crippen LogP contribution in [0.2, 0.25) is 0 Å². The first-order valence-corrected chi connectivity index (χ1v) is 8.28. The Morgan fingerprint density at radius 2 is 1.95 bits per heavy atom. The Balaban J connectivity index is 2.29. The van der Waals surface area contributed by atoms with Crippen LogP contribution in [0.1, 0.15) is 53.4 Å². The van der Waals surface area contributed by atoms with Gasteiger partial charge >= 0.3 is 0 Å². The van der Waals surface area contributed by atoms with Crippen LogP contribution < -0.4 is 10.6 Å². The fraction of sp³-hybridized carbons (Fsp3) is 0.938. The predicted molar refractivity (Wildman–Crippen MR) is 88.3 cm³/mol. The maximum atomic E-state index is 4.71. The molecule has 118 valence electrons. The van der Waals surface area contributed by atoms with Crippen molar-refractivity contribution in [2.45, 2.75) is 65.5 Å². The summed E-state index contributed by atoms with van der Waals surface area (Å²) in [6.45, 7) is 11.7. The number of nitrogens with zero attached hydrogens (tertiary/aromatic N) is 2. The van der Waals surface area contributed by atoms with Gasteiger partial charge in [-0.2, -0.15) is 0 Å². The lowest BCUT2D eigenvalue weighted by Crippen LogP contribution is -2.40. The minimum atomic E-state index is 0.522. The Morgan fingerprint density at radius 1 is 1.25 bits per heavy atom. The summed E-state index contributed by atoms with van der Waals surface area (Å²) >= 11 is 0. The largest absolute Gasteiger partial charge is 0.357 e. The van der Waals surface area contributed by atoms with E-state index in [0.29, 0.717) is 6.04 Å². The van der Waals surface area contributed by atoms with Crippen molar-refractivity contribution in [2.75, 3.05) is 26.7 Å². The van der Waals surface area contributed by atoms with Gasteiger partial charge in [-0.15, -0.1) is 0 Å². The standard InChI is InChI=1S/C16H34N4/c1-6-17-16(18-11-7-8-13(2)3)19-12-14(4)20(5)15-9-10-15/h13-15H,6-12H2,1-5H3,(H2,17,18,19). The van der Waals surface area contributed by atoms with Crippen molar-refractivity contribution in [1.29, 1.82) is 0 Å². The summed E-state index contributed by atoms with van der Waals surface area (Å²) in [6, 6.07) is 1.33. The van der Waals surface area contributed by atoms with Crippen LogP contribution in [0, 0.1) is 5.92 Å². The maximum absolute atomic E-state index is 4.71. The maximum Gasteiger partial charge on any atom is 0.191 e. The molecule has 1 atom stereocenters. The van der Waals surface area contributed by atoms with E-state index in [-0.39, 0.29) is 0 Å². The smallest absolute Gasteiger partial charge is 0.191 e. The summed E-state index contributed by atoms with van der Waals surface area (Å²) in [7, 11) is 2.22. The quantitative estimate of drug-likeness (QED) is 0.388. The molecule has 1 saturated carbocycles. The zero-order valence-electron chi connectivity index (χ0n) is 14.1. The van der Waals surface area contributed by atoms with E-state index in [2.05, 4.69) is 50.3 Å². The van der Waals surface area contributed by atoms with Crippen LogP contribution in [0.5, 0.6) is 0 Å². The molecule has 4 nitrogen and oxygen atoms in total. The van der Waals surface area contributed by atoms with Crippen LogP contribution in [0.3, 0.4) is 0 Å². The minimum absolute atomic E-state index is 0.522. The third-order valence-electron chi connectivity index (χ3n) is 3.93. The minimum Gasteiger partial charge on any atom is -0.357 e. The number of hydrogen-bond donors (Lipinski definition) is 2. The Bertz CT molecular complexity index is 284. The predicted octanol–water partition coefficient (Wildman–Crippen LogP) is 2.46. The molecule has 1 aliphatic carbocycles. The zero-order chi connectivity index (χ0) is 15.0. The van der Waals surface area contributed by atoms with E-state index < -0.39 is 0 Å². The molecule has 0 aromatic rings. The van der Waals surface area contributed by atoms with Gasteiger partial charge in [0.15, 0.2) is 5.96 Å². The molecule has 0 aromatic carbocycles. The van der Waals surface area contributed by atoms with Gasteiger partial charge < -0.3 is 10.6 Å². The first-order valence-electron chi connectivity index (χ1n) is 8.28. The fourth-order valence-corrected chi connectivity index (χ4v) is 2.25. The average molecular weight is 282 g/mol. The van der Waals surface area contributed by atoms with E-state index in [9.17, 15) is 0 Å². The van der Waals surface area contributed by atoms with Crippen LogP contribution in [0.15, 0.2) is 4.99 Å². The molecule has 0 aromatic heterocycles. The van der Waals surface area contributed by atoms with Crippen LogP contribution in [0.4, 0.5) is 0 Å². The van der Waals surface area contributed by atoms with E-state index in [4.69, 9.17) is 4.99 Å².